The number of halogens is 1. The van der Waals surface area contributed by atoms with Gasteiger partial charge in [0.2, 0.25) is 0 Å². The Kier molecular flexibility index (Phi) is 5.37. The number of aliphatic hydroxyl groups excluding tert-OH is 1. The lowest BCUT2D eigenvalue weighted by Gasteiger charge is -2.22. The third kappa shape index (κ3) is 3.75. The molecule has 140 valence electrons. The Hall–Kier alpha value is -2.99. The number of H-pyrrole nitrogens is 1. The average molecular weight is 368 g/mol. The monoisotopic (exact) mass is 368 g/mol. The van der Waals surface area contributed by atoms with E-state index in [1.165, 1.54) is 23.1 Å². The maximum atomic E-state index is 14.0. The van der Waals surface area contributed by atoms with Crippen LogP contribution in [0.3, 0.4) is 0 Å². The second-order valence-electron chi connectivity index (χ2n) is 6.54. The summed E-state index contributed by atoms with van der Waals surface area (Å²) in [5.41, 5.74) is 2.71. The highest BCUT2D eigenvalue weighted by atomic mass is 19.1. The summed E-state index contributed by atoms with van der Waals surface area (Å²) in [4.78, 5) is 29.4. The first-order valence-electron chi connectivity index (χ1n) is 8.69. The number of rotatable bonds is 5. The average Bonchev–Trinajstić information content (AvgIpc) is 2.65. The molecular formula is C21H21FN2O3. The molecule has 0 unspecified atom stereocenters. The van der Waals surface area contributed by atoms with Crippen molar-refractivity contribution < 1.29 is 14.3 Å². The fourth-order valence-corrected chi connectivity index (χ4v) is 3.12. The molecular weight excluding hydrogens is 347 g/mol. The molecule has 0 fully saturated rings. The summed E-state index contributed by atoms with van der Waals surface area (Å²) in [6, 6.07) is 11.3. The van der Waals surface area contributed by atoms with Gasteiger partial charge in [0.05, 0.1) is 24.2 Å². The zero-order chi connectivity index (χ0) is 19.6. The molecule has 0 atom stereocenters. The van der Waals surface area contributed by atoms with Crippen LogP contribution in [0, 0.1) is 19.7 Å². The summed E-state index contributed by atoms with van der Waals surface area (Å²) in [6.45, 7) is 3.55. The number of carbonyl (C=O) groups excluding carboxylic acids is 1. The number of amides is 1. The zero-order valence-electron chi connectivity index (χ0n) is 15.3. The molecule has 0 saturated carbocycles. The van der Waals surface area contributed by atoms with Crippen molar-refractivity contribution in [2.24, 2.45) is 0 Å². The molecule has 0 saturated heterocycles. The normalized spacial score (nSPS) is 11.0. The number of aromatic nitrogens is 1. The number of aromatic amines is 1. The van der Waals surface area contributed by atoms with Crippen molar-refractivity contribution in [3.63, 3.8) is 0 Å². The van der Waals surface area contributed by atoms with Gasteiger partial charge in [0.15, 0.2) is 0 Å². The van der Waals surface area contributed by atoms with Crippen LogP contribution in [0.5, 0.6) is 0 Å². The first kappa shape index (κ1) is 18.8. The Balaban J connectivity index is 2.01. The van der Waals surface area contributed by atoms with E-state index in [0.29, 0.717) is 5.56 Å². The summed E-state index contributed by atoms with van der Waals surface area (Å²) in [7, 11) is 0. The van der Waals surface area contributed by atoms with Crippen LogP contribution < -0.4 is 5.56 Å². The smallest absolute Gasteiger partial charge is 0.257 e. The number of aliphatic hydroxyl groups is 1. The third-order valence-corrected chi connectivity index (χ3v) is 4.64. The largest absolute Gasteiger partial charge is 0.395 e. The molecule has 0 radical (unpaired) electrons. The Morgan fingerprint density at radius 3 is 2.56 bits per heavy atom. The minimum Gasteiger partial charge on any atom is -0.395 e. The second kappa shape index (κ2) is 7.72. The molecule has 27 heavy (non-hydrogen) atoms. The zero-order valence-corrected chi connectivity index (χ0v) is 15.3. The Morgan fingerprint density at radius 1 is 1.15 bits per heavy atom. The van der Waals surface area contributed by atoms with Gasteiger partial charge in [0, 0.05) is 17.5 Å². The van der Waals surface area contributed by atoms with Crippen molar-refractivity contribution in [1.82, 2.24) is 9.88 Å². The van der Waals surface area contributed by atoms with E-state index in [1.54, 1.807) is 12.1 Å². The topological polar surface area (TPSA) is 73.4 Å². The lowest BCUT2D eigenvalue weighted by molar-refractivity contribution is 0.0702. The highest BCUT2D eigenvalue weighted by Gasteiger charge is 2.20. The standard InChI is InChI=1S/C21H21FN2O3/c1-13-7-8-14(2)19-17(13)11-15(20(26)23-19)12-24(9-10-25)21(27)16-5-3-4-6-18(16)22/h3-8,11,25H,9-10,12H2,1-2H3,(H,23,26). The van der Waals surface area contributed by atoms with E-state index in [-0.39, 0.29) is 30.8 Å². The SMILES string of the molecule is Cc1ccc(C)c2[nH]c(=O)c(CN(CCO)C(=O)c3ccccc3F)cc12. The van der Waals surface area contributed by atoms with E-state index in [4.69, 9.17) is 0 Å². The van der Waals surface area contributed by atoms with Crippen molar-refractivity contribution in [1.29, 1.82) is 0 Å². The van der Waals surface area contributed by atoms with Crippen LogP contribution in [0.25, 0.3) is 10.9 Å². The molecule has 0 bridgehead atoms. The highest BCUT2D eigenvalue weighted by Crippen LogP contribution is 2.20. The first-order chi connectivity index (χ1) is 12.9. The van der Waals surface area contributed by atoms with Gasteiger partial charge in [-0.3, -0.25) is 9.59 Å². The molecule has 2 N–H and O–H groups in total. The molecule has 1 heterocycles. The molecule has 5 nitrogen and oxygen atoms in total. The van der Waals surface area contributed by atoms with E-state index < -0.39 is 11.7 Å². The van der Waals surface area contributed by atoms with Crippen LogP contribution >= 0.6 is 0 Å². The van der Waals surface area contributed by atoms with Gasteiger partial charge in [-0.2, -0.15) is 0 Å². The lowest BCUT2D eigenvalue weighted by Crippen LogP contribution is -2.35. The minimum atomic E-state index is -0.635. The van der Waals surface area contributed by atoms with Gasteiger partial charge in [-0.1, -0.05) is 24.3 Å². The molecule has 3 aromatic rings. The van der Waals surface area contributed by atoms with Gasteiger partial charge < -0.3 is 15.0 Å². The molecule has 6 heteroatoms. The summed E-state index contributed by atoms with van der Waals surface area (Å²) < 4.78 is 14.0. The van der Waals surface area contributed by atoms with Gasteiger partial charge in [0.25, 0.3) is 11.5 Å². The number of aryl methyl sites for hydroxylation is 2. The summed E-state index contributed by atoms with van der Waals surface area (Å²) in [5, 5.41) is 10.2. The summed E-state index contributed by atoms with van der Waals surface area (Å²) >= 11 is 0. The van der Waals surface area contributed by atoms with E-state index in [9.17, 15) is 19.1 Å². The van der Waals surface area contributed by atoms with Crippen molar-refractivity contribution >= 4 is 16.8 Å². The molecule has 3 rings (SSSR count). The molecule has 2 aromatic carbocycles. The molecule has 0 spiro atoms. The van der Waals surface area contributed by atoms with Crippen LogP contribution in [-0.2, 0) is 6.54 Å². The van der Waals surface area contributed by atoms with Crippen molar-refractivity contribution in [3.8, 4) is 0 Å². The number of nitrogens with one attached hydrogen (secondary N) is 1. The van der Waals surface area contributed by atoms with Gasteiger partial charge >= 0.3 is 0 Å². The van der Waals surface area contributed by atoms with Gasteiger partial charge in [0.1, 0.15) is 5.82 Å². The van der Waals surface area contributed by atoms with Crippen LogP contribution in [0.4, 0.5) is 4.39 Å². The maximum Gasteiger partial charge on any atom is 0.257 e. The maximum absolute atomic E-state index is 14.0. The highest BCUT2D eigenvalue weighted by molar-refractivity contribution is 5.94. The molecule has 1 aromatic heterocycles. The number of carbonyl (C=O) groups is 1. The lowest BCUT2D eigenvalue weighted by atomic mass is 10.0. The Bertz CT molecular complexity index is 1060. The summed E-state index contributed by atoms with van der Waals surface area (Å²) in [6.07, 6.45) is 0. The number of nitrogens with zero attached hydrogens (tertiary/aromatic N) is 1. The predicted molar refractivity (Wildman–Crippen MR) is 102 cm³/mol. The number of hydrogen-bond acceptors (Lipinski definition) is 3. The van der Waals surface area contributed by atoms with Crippen LogP contribution in [0.1, 0.15) is 27.0 Å². The van der Waals surface area contributed by atoms with Crippen molar-refractivity contribution in [2.75, 3.05) is 13.2 Å². The molecule has 0 aliphatic carbocycles. The Morgan fingerprint density at radius 2 is 1.85 bits per heavy atom. The molecule has 1 amide bonds. The van der Waals surface area contributed by atoms with Gasteiger partial charge in [-0.25, -0.2) is 4.39 Å². The summed E-state index contributed by atoms with van der Waals surface area (Å²) in [5.74, 6) is -1.20. The van der Waals surface area contributed by atoms with E-state index in [2.05, 4.69) is 4.98 Å². The van der Waals surface area contributed by atoms with Gasteiger partial charge in [-0.05, 0) is 43.2 Å². The fourth-order valence-electron chi connectivity index (χ4n) is 3.12. The van der Waals surface area contributed by atoms with Crippen molar-refractivity contribution in [2.45, 2.75) is 20.4 Å². The third-order valence-electron chi connectivity index (χ3n) is 4.64. The number of pyridine rings is 1. The fraction of sp³-hybridized carbons (Fsp3) is 0.238. The minimum absolute atomic E-state index is 0.00254. The molecule has 0 aliphatic rings. The Labute approximate surface area is 156 Å². The number of benzene rings is 2. The van der Waals surface area contributed by atoms with E-state index >= 15 is 0 Å². The van der Waals surface area contributed by atoms with Crippen molar-refractivity contribution in [3.05, 3.63) is 80.9 Å². The number of hydrogen-bond donors (Lipinski definition) is 2. The van der Waals surface area contributed by atoms with Crippen LogP contribution in [-0.4, -0.2) is 34.0 Å². The first-order valence-corrected chi connectivity index (χ1v) is 8.69. The van der Waals surface area contributed by atoms with E-state index in [1.807, 2.05) is 26.0 Å². The molecule has 0 aliphatic heterocycles. The van der Waals surface area contributed by atoms with Crippen LogP contribution in [0.15, 0.2) is 47.3 Å². The second-order valence-corrected chi connectivity index (χ2v) is 6.54. The van der Waals surface area contributed by atoms with Gasteiger partial charge in [-0.15, -0.1) is 0 Å². The quantitative estimate of drug-likeness (QED) is 0.727. The van der Waals surface area contributed by atoms with E-state index in [0.717, 1.165) is 22.0 Å². The van der Waals surface area contributed by atoms with Crippen LogP contribution in [0.2, 0.25) is 0 Å². The predicted octanol–water partition coefficient (Wildman–Crippen LogP) is 2.92. The number of fused-ring (bicyclic) bond motifs is 1.